The van der Waals surface area contributed by atoms with E-state index in [-0.39, 0.29) is 11.9 Å². The first kappa shape index (κ1) is 11.5. The van der Waals surface area contributed by atoms with Crippen LogP contribution in [0.5, 0.6) is 5.75 Å². The molecule has 0 saturated carbocycles. The van der Waals surface area contributed by atoms with E-state index in [1.807, 2.05) is 38.1 Å². The van der Waals surface area contributed by atoms with Crippen LogP contribution in [0, 0.1) is 0 Å². The minimum Gasteiger partial charge on any atom is -0.491 e. The van der Waals surface area contributed by atoms with E-state index < -0.39 is 0 Å². The maximum absolute atomic E-state index is 10.7. The third-order valence-corrected chi connectivity index (χ3v) is 1.76. The van der Waals surface area contributed by atoms with Crippen LogP contribution in [0.2, 0.25) is 0 Å². The second-order valence-corrected chi connectivity index (χ2v) is 3.68. The van der Waals surface area contributed by atoms with Crippen LogP contribution in [0.3, 0.4) is 0 Å². The standard InChI is InChI=1S/C13H16O2/c1-10(2)15-13-8-6-12(7-9-13)5-4-11(3)14/h4-10H,1-3H3. The van der Waals surface area contributed by atoms with Gasteiger partial charge in [0, 0.05) is 0 Å². The molecule has 1 rings (SSSR count). The van der Waals surface area contributed by atoms with Gasteiger partial charge in [0.1, 0.15) is 5.75 Å². The summed E-state index contributed by atoms with van der Waals surface area (Å²) < 4.78 is 5.50. The Bertz CT molecular complexity index is 347. The third-order valence-electron chi connectivity index (χ3n) is 1.76. The van der Waals surface area contributed by atoms with Crippen molar-refractivity contribution >= 4 is 11.9 Å². The maximum Gasteiger partial charge on any atom is 0.152 e. The fraction of sp³-hybridized carbons (Fsp3) is 0.308. The van der Waals surface area contributed by atoms with Gasteiger partial charge in [-0.25, -0.2) is 0 Å². The first-order valence-electron chi connectivity index (χ1n) is 5.03. The van der Waals surface area contributed by atoms with Crippen molar-refractivity contribution in [3.05, 3.63) is 35.9 Å². The SMILES string of the molecule is CC(=O)C=Cc1ccc(OC(C)C)cc1. The summed E-state index contributed by atoms with van der Waals surface area (Å²) in [4.78, 5) is 10.7. The highest BCUT2D eigenvalue weighted by molar-refractivity contribution is 5.91. The first-order valence-corrected chi connectivity index (χ1v) is 5.03. The molecule has 15 heavy (non-hydrogen) atoms. The van der Waals surface area contributed by atoms with E-state index in [1.165, 1.54) is 6.92 Å². The molecule has 0 fully saturated rings. The molecule has 1 aromatic carbocycles. The quantitative estimate of drug-likeness (QED) is 0.704. The van der Waals surface area contributed by atoms with Gasteiger partial charge in [0.05, 0.1) is 6.10 Å². The molecule has 0 heterocycles. The van der Waals surface area contributed by atoms with E-state index in [4.69, 9.17) is 4.74 Å². The van der Waals surface area contributed by atoms with Crippen LogP contribution < -0.4 is 4.74 Å². The van der Waals surface area contributed by atoms with Crippen LogP contribution in [0.15, 0.2) is 30.3 Å². The lowest BCUT2D eigenvalue weighted by Crippen LogP contribution is -2.05. The van der Waals surface area contributed by atoms with Crippen molar-refractivity contribution in [1.29, 1.82) is 0 Å². The molecule has 80 valence electrons. The Balaban J connectivity index is 2.68. The number of benzene rings is 1. The highest BCUT2D eigenvalue weighted by Gasteiger charge is 1.96. The highest BCUT2D eigenvalue weighted by atomic mass is 16.5. The minimum absolute atomic E-state index is 0.0532. The van der Waals surface area contributed by atoms with Gasteiger partial charge in [-0.05, 0) is 44.5 Å². The molecule has 0 radical (unpaired) electrons. The Morgan fingerprint density at radius 3 is 2.33 bits per heavy atom. The predicted octanol–water partition coefficient (Wildman–Crippen LogP) is 3.08. The van der Waals surface area contributed by atoms with Gasteiger partial charge in [-0.1, -0.05) is 18.2 Å². The zero-order valence-electron chi connectivity index (χ0n) is 9.36. The average molecular weight is 204 g/mol. The molecular weight excluding hydrogens is 188 g/mol. The second-order valence-electron chi connectivity index (χ2n) is 3.68. The zero-order valence-corrected chi connectivity index (χ0v) is 9.36. The zero-order chi connectivity index (χ0) is 11.3. The van der Waals surface area contributed by atoms with Crippen LogP contribution in [-0.4, -0.2) is 11.9 Å². The Kier molecular flexibility index (Phi) is 4.10. The number of carbonyl (C=O) groups is 1. The van der Waals surface area contributed by atoms with Crippen molar-refractivity contribution in [3.63, 3.8) is 0 Å². The van der Waals surface area contributed by atoms with Crippen molar-refractivity contribution in [2.45, 2.75) is 26.9 Å². The highest BCUT2D eigenvalue weighted by Crippen LogP contribution is 2.14. The van der Waals surface area contributed by atoms with Crippen LogP contribution in [-0.2, 0) is 4.79 Å². The molecule has 0 amide bonds. The molecule has 0 aliphatic carbocycles. The number of carbonyl (C=O) groups excluding carboxylic acids is 1. The van der Waals surface area contributed by atoms with Crippen LogP contribution in [0.1, 0.15) is 26.3 Å². The van der Waals surface area contributed by atoms with Crippen molar-refractivity contribution in [1.82, 2.24) is 0 Å². The van der Waals surface area contributed by atoms with E-state index in [0.717, 1.165) is 11.3 Å². The summed E-state index contributed by atoms with van der Waals surface area (Å²) in [5, 5.41) is 0. The van der Waals surface area contributed by atoms with Crippen molar-refractivity contribution in [3.8, 4) is 5.75 Å². The van der Waals surface area contributed by atoms with Gasteiger partial charge in [-0.15, -0.1) is 0 Å². The van der Waals surface area contributed by atoms with E-state index in [0.29, 0.717) is 0 Å². The van der Waals surface area contributed by atoms with E-state index in [1.54, 1.807) is 12.2 Å². The number of allylic oxidation sites excluding steroid dienone is 1. The fourth-order valence-corrected chi connectivity index (χ4v) is 1.14. The topological polar surface area (TPSA) is 26.3 Å². The fourth-order valence-electron chi connectivity index (χ4n) is 1.14. The summed E-state index contributed by atoms with van der Waals surface area (Å²) >= 11 is 0. The monoisotopic (exact) mass is 204 g/mol. The number of hydrogen-bond donors (Lipinski definition) is 0. The van der Waals surface area contributed by atoms with Gasteiger partial charge in [-0.2, -0.15) is 0 Å². The van der Waals surface area contributed by atoms with Crippen molar-refractivity contribution in [2.75, 3.05) is 0 Å². The lowest BCUT2D eigenvalue weighted by molar-refractivity contribution is -0.112. The molecule has 0 spiro atoms. The Morgan fingerprint density at radius 2 is 1.87 bits per heavy atom. The molecule has 0 bridgehead atoms. The van der Waals surface area contributed by atoms with Crippen LogP contribution in [0.25, 0.3) is 6.08 Å². The normalized spacial score (nSPS) is 10.9. The molecule has 0 aromatic heterocycles. The Hall–Kier alpha value is -1.57. The first-order chi connectivity index (χ1) is 7.08. The number of ketones is 1. The lowest BCUT2D eigenvalue weighted by Gasteiger charge is -2.09. The maximum atomic E-state index is 10.7. The van der Waals surface area contributed by atoms with E-state index >= 15 is 0 Å². The van der Waals surface area contributed by atoms with E-state index in [2.05, 4.69) is 0 Å². The molecule has 0 saturated heterocycles. The molecule has 0 unspecified atom stereocenters. The van der Waals surface area contributed by atoms with Crippen molar-refractivity contribution < 1.29 is 9.53 Å². The van der Waals surface area contributed by atoms with Gasteiger partial charge in [0.15, 0.2) is 5.78 Å². The molecule has 0 atom stereocenters. The summed E-state index contributed by atoms with van der Waals surface area (Å²) in [5.41, 5.74) is 1.00. The molecule has 2 heteroatoms. The predicted molar refractivity (Wildman–Crippen MR) is 61.9 cm³/mol. The van der Waals surface area contributed by atoms with Gasteiger partial charge in [0.2, 0.25) is 0 Å². The molecule has 1 aromatic rings. The summed E-state index contributed by atoms with van der Waals surface area (Å²) in [5.74, 6) is 0.905. The summed E-state index contributed by atoms with van der Waals surface area (Å²) in [7, 11) is 0. The van der Waals surface area contributed by atoms with Crippen LogP contribution >= 0.6 is 0 Å². The minimum atomic E-state index is 0.0532. The molecule has 0 N–H and O–H groups in total. The lowest BCUT2D eigenvalue weighted by atomic mass is 10.2. The summed E-state index contributed by atoms with van der Waals surface area (Å²) in [6.45, 7) is 5.51. The smallest absolute Gasteiger partial charge is 0.152 e. The third kappa shape index (κ3) is 4.45. The van der Waals surface area contributed by atoms with Gasteiger partial charge in [-0.3, -0.25) is 4.79 Å². The van der Waals surface area contributed by atoms with Gasteiger partial charge >= 0.3 is 0 Å². The average Bonchev–Trinajstić information content (AvgIpc) is 2.16. The largest absolute Gasteiger partial charge is 0.491 e. The molecular formula is C13H16O2. The van der Waals surface area contributed by atoms with Crippen LogP contribution in [0.4, 0.5) is 0 Å². The molecule has 0 aliphatic rings. The summed E-state index contributed by atoms with van der Waals surface area (Å²) in [6, 6.07) is 7.66. The Morgan fingerprint density at radius 1 is 1.27 bits per heavy atom. The number of ether oxygens (including phenoxy) is 1. The molecule has 0 aliphatic heterocycles. The molecule has 2 nitrogen and oxygen atoms in total. The Labute approximate surface area is 90.6 Å². The number of hydrogen-bond acceptors (Lipinski definition) is 2. The van der Waals surface area contributed by atoms with Gasteiger partial charge in [0.25, 0.3) is 0 Å². The van der Waals surface area contributed by atoms with Crippen molar-refractivity contribution in [2.24, 2.45) is 0 Å². The van der Waals surface area contributed by atoms with Gasteiger partial charge < -0.3 is 4.74 Å². The van der Waals surface area contributed by atoms with E-state index in [9.17, 15) is 4.79 Å². The number of rotatable bonds is 4. The second kappa shape index (κ2) is 5.35. The summed E-state index contributed by atoms with van der Waals surface area (Å²) in [6.07, 6.45) is 3.53.